The Kier molecular flexibility index (Phi) is 6.17. The largest absolute Gasteiger partial charge is 0.349 e. The minimum atomic E-state index is -0.797. The van der Waals surface area contributed by atoms with E-state index in [4.69, 9.17) is 0 Å². The van der Waals surface area contributed by atoms with Crippen LogP contribution in [-0.2, 0) is 16.0 Å². The third kappa shape index (κ3) is 5.31. The van der Waals surface area contributed by atoms with E-state index in [1.165, 1.54) is 5.56 Å². The maximum absolute atomic E-state index is 12.3. The van der Waals surface area contributed by atoms with Crippen molar-refractivity contribution < 1.29 is 14.4 Å². The van der Waals surface area contributed by atoms with Gasteiger partial charge in [-0.25, -0.2) is 4.79 Å². The van der Waals surface area contributed by atoms with E-state index < -0.39 is 18.0 Å². The van der Waals surface area contributed by atoms with Crippen LogP contribution in [0.4, 0.5) is 4.79 Å². The average Bonchev–Trinajstić information content (AvgIpc) is 2.82. The number of imide groups is 1. The second-order valence-electron chi connectivity index (χ2n) is 7.35. The van der Waals surface area contributed by atoms with Crippen molar-refractivity contribution in [3.63, 3.8) is 0 Å². The molecule has 0 bridgehead atoms. The van der Waals surface area contributed by atoms with Gasteiger partial charge in [-0.3, -0.25) is 14.9 Å². The molecule has 6 nitrogen and oxygen atoms in total. The topological polar surface area (TPSA) is 87.3 Å². The highest BCUT2D eigenvalue weighted by Crippen LogP contribution is 2.23. The zero-order chi connectivity index (χ0) is 18.6. The van der Waals surface area contributed by atoms with Crippen molar-refractivity contribution in [3.05, 3.63) is 35.4 Å². The molecule has 1 aliphatic rings. The first kappa shape index (κ1) is 19.0. The van der Waals surface area contributed by atoms with Crippen LogP contribution in [0.5, 0.6) is 0 Å². The second kappa shape index (κ2) is 8.14. The van der Waals surface area contributed by atoms with Gasteiger partial charge >= 0.3 is 6.03 Å². The molecule has 0 saturated carbocycles. The molecule has 3 N–H and O–H groups in total. The molecule has 4 amide bonds. The van der Waals surface area contributed by atoms with E-state index in [-0.39, 0.29) is 24.3 Å². The lowest BCUT2D eigenvalue weighted by Crippen LogP contribution is -2.38. The number of urea groups is 1. The average molecular weight is 345 g/mol. The quantitative estimate of drug-likeness (QED) is 0.663. The highest BCUT2D eigenvalue weighted by molar-refractivity contribution is 6.05. The summed E-state index contributed by atoms with van der Waals surface area (Å²) in [5.41, 5.74) is 2.31. The molecular formula is C19H27N3O3. The summed E-state index contributed by atoms with van der Waals surface area (Å²) in [6, 6.07) is 6.81. The molecule has 1 heterocycles. The van der Waals surface area contributed by atoms with Gasteiger partial charge in [-0.1, -0.05) is 52.0 Å². The zero-order valence-corrected chi connectivity index (χ0v) is 15.3. The summed E-state index contributed by atoms with van der Waals surface area (Å²) in [5.74, 6) is 0.0812. The van der Waals surface area contributed by atoms with Crippen LogP contribution >= 0.6 is 0 Å². The second-order valence-corrected chi connectivity index (χ2v) is 7.35. The van der Waals surface area contributed by atoms with Gasteiger partial charge in [-0.2, -0.15) is 0 Å². The minimum Gasteiger partial charge on any atom is -0.349 e. The molecule has 0 aliphatic carbocycles. The Balaban J connectivity index is 2.01. The minimum absolute atomic E-state index is 0.0633. The molecule has 0 radical (unpaired) electrons. The fourth-order valence-corrected chi connectivity index (χ4v) is 2.99. The van der Waals surface area contributed by atoms with Crippen LogP contribution in [0.2, 0.25) is 0 Å². The van der Waals surface area contributed by atoms with Crippen LogP contribution in [0.15, 0.2) is 24.3 Å². The van der Waals surface area contributed by atoms with Gasteiger partial charge in [0.2, 0.25) is 5.91 Å². The summed E-state index contributed by atoms with van der Waals surface area (Å²) in [6.07, 6.45) is 0.960. The molecule has 1 saturated heterocycles. The fourth-order valence-electron chi connectivity index (χ4n) is 2.99. The zero-order valence-electron chi connectivity index (χ0n) is 15.3. The SMILES string of the molecule is CC(C)Cc1ccc([C@@H](NC(=O)C[C@@H]2NC(=O)NC2=O)C(C)C)cc1. The fraction of sp³-hybridized carbons (Fsp3) is 0.526. The predicted octanol–water partition coefficient (Wildman–Crippen LogP) is 2.30. The van der Waals surface area contributed by atoms with Crippen LogP contribution in [0.1, 0.15) is 51.3 Å². The third-order valence-corrected chi connectivity index (χ3v) is 4.21. The molecule has 0 aromatic heterocycles. The first-order chi connectivity index (χ1) is 11.8. The van der Waals surface area contributed by atoms with Crippen LogP contribution in [0.25, 0.3) is 0 Å². The van der Waals surface area contributed by atoms with E-state index in [1.54, 1.807) is 0 Å². The summed E-state index contributed by atoms with van der Waals surface area (Å²) in [4.78, 5) is 35.0. The molecule has 25 heavy (non-hydrogen) atoms. The van der Waals surface area contributed by atoms with E-state index in [2.05, 4.69) is 41.9 Å². The van der Waals surface area contributed by atoms with E-state index in [0.717, 1.165) is 12.0 Å². The Hall–Kier alpha value is -2.37. The highest BCUT2D eigenvalue weighted by atomic mass is 16.2. The smallest absolute Gasteiger partial charge is 0.322 e. The summed E-state index contributed by atoms with van der Waals surface area (Å²) in [7, 11) is 0. The summed E-state index contributed by atoms with van der Waals surface area (Å²) in [5, 5.41) is 7.56. The van der Waals surface area contributed by atoms with Crippen LogP contribution in [-0.4, -0.2) is 23.9 Å². The molecular weight excluding hydrogens is 318 g/mol. The van der Waals surface area contributed by atoms with E-state index >= 15 is 0 Å². The molecule has 1 aliphatic heterocycles. The van der Waals surface area contributed by atoms with Crippen LogP contribution in [0, 0.1) is 11.8 Å². The van der Waals surface area contributed by atoms with Crippen molar-refractivity contribution in [2.75, 3.05) is 0 Å². The lowest BCUT2D eigenvalue weighted by molar-refractivity contribution is -0.127. The molecule has 2 rings (SSSR count). The number of carbonyl (C=O) groups excluding carboxylic acids is 3. The number of amides is 4. The number of rotatable bonds is 7. The number of benzene rings is 1. The number of hydrogen-bond donors (Lipinski definition) is 3. The number of hydrogen-bond acceptors (Lipinski definition) is 3. The molecule has 136 valence electrons. The Morgan fingerprint density at radius 2 is 1.76 bits per heavy atom. The van der Waals surface area contributed by atoms with E-state index in [1.807, 2.05) is 26.0 Å². The first-order valence-electron chi connectivity index (χ1n) is 8.75. The van der Waals surface area contributed by atoms with Crippen molar-refractivity contribution >= 4 is 17.8 Å². The lowest BCUT2D eigenvalue weighted by atomic mass is 9.93. The van der Waals surface area contributed by atoms with Crippen molar-refractivity contribution in [3.8, 4) is 0 Å². The van der Waals surface area contributed by atoms with Crippen molar-refractivity contribution in [1.82, 2.24) is 16.0 Å². The van der Waals surface area contributed by atoms with Crippen molar-refractivity contribution in [2.24, 2.45) is 11.8 Å². The summed E-state index contributed by atoms with van der Waals surface area (Å²) < 4.78 is 0. The first-order valence-corrected chi connectivity index (χ1v) is 8.75. The van der Waals surface area contributed by atoms with Crippen LogP contribution in [0.3, 0.4) is 0 Å². The predicted molar refractivity (Wildman–Crippen MR) is 95.8 cm³/mol. The molecule has 1 aromatic carbocycles. The van der Waals surface area contributed by atoms with Gasteiger partial charge < -0.3 is 10.6 Å². The van der Waals surface area contributed by atoms with E-state index in [0.29, 0.717) is 5.92 Å². The normalized spacial score (nSPS) is 18.2. The van der Waals surface area contributed by atoms with Crippen LogP contribution < -0.4 is 16.0 Å². The highest BCUT2D eigenvalue weighted by Gasteiger charge is 2.32. The molecule has 0 unspecified atom stereocenters. The lowest BCUT2D eigenvalue weighted by Gasteiger charge is -2.24. The third-order valence-electron chi connectivity index (χ3n) is 4.21. The van der Waals surface area contributed by atoms with Gasteiger partial charge in [-0.05, 0) is 29.4 Å². The maximum atomic E-state index is 12.3. The Labute approximate surface area is 148 Å². The van der Waals surface area contributed by atoms with Gasteiger partial charge in [0.05, 0.1) is 12.5 Å². The Morgan fingerprint density at radius 1 is 1.12 bits per heavy atom. The van der Waals surface area contributed by atoms with E-state index in [9.17, 15) is 14.4 Å². The number of nitrogens with one attached hydrogen (secondary N) is 3. The molecule has 1 fully saturated rings. The van der Waals surface area contributed by atoms with Crippen molar-refractivity contribution in [2.45, 2.75) is 52.6 Å². The Bertz CT molecular complexity index is 638. The standard InChI is InChI=1S/C19H27N3O3/c1-11(2)9-13-5-7-14(8-6-13)17(12(3)4)21-16(23)10-15-18(24)22-19(25)20-15/h5-8,11-12,15,17H,9-10H2,1-4H3,(H,21,23)(H2,20,22,24,25)/t15-,17-/m0/s1. The molecule has 0 spiro atoms. The summed E-state index contributed by atoms with van der Waals surface area (Å²) >= 11 is 0. The molecule has 2 atom stereocenters. The van der Waals surface area contributed by atoms with Crippen molar-refractivity contribution in [1.29, 1.82) is 0 Å². The number of carbonyl (C=O) groups is 3. The monoisotopic (exact) mass is 345 g/mol. The van der Waals surface area contributed by atoms with Gasteiger partial charge in [0.25, 0.3) is 5.91 Å². The van der Waals surface area contributed by atoms with Gasteiger partial charge in [-0.15, -0.1) is 0 Å². The Morgan fingerprint density at radius 3 is 2.24 bits per heavy atom. The maximum Gasteiger partial charge on any atom is 0.322 e. The molecule has 6 heteroatoms. The molecule has 1 aromatic rings. The van der Waals surface area contributed by atoms with Gasteiger partial charge in [0.15, 0.2) is 0 Å². The van der Waals surface area contributed by atoms with Gasteiger partial charge in [0, 0.05) is 0 Å². The summed E-state index contributed by atoms with van der Waals surface area (Å²) in [6.45, 7) is 8.44. The van der Waals surface area contributed by atoms with Gasteiger partial charge in [0.1, 0.15) is 6.04 Å².